The maximum atomic E-state index is 13.9. The number of thioether (sulfide) groups is 1. The second-order valence-electron chi connectivity index (χ2n) is 11.0. The number of halogens is 1. The average Bonchev–Trinajstić information content (AvgIpc) is 3.27. The Bertz CT molecular complexity index is 1550. The molecule has 0 bridgehead atoms. The van der Waals surface area contributed by atoms with Gasteiger partial charge in [0.15, 0.2) is 0 Å². The lowest BCUT2D eigenvalue weighted by atomic mass is 9.97. The van der Waals surface area contributed by atoms with Crippen LogP contribution < -0.4 is 10.0 Å². The van der Waals surface area contributed by atoms with Crippen LogP contribution in [0, 0.1) is 13.8 Å². The predicted molar refractivity (Wildman–Crippen MR) is 167 cm³/mol. The van der Waals surface area contributed by atoms with E-state index in [2.05, 4.69) is 10.0 Å². The first-order chi connectivity index (χ1) is 19.8. The number of carbonyl (C=O) groups is 2. The predicted octanol–water partition coefficient (Wildman–Crippen LogP) is 4.20. The van der Waals surface area contributed by atoms with Gasteiger partial charge in [-0.1, -0.05) is 72.3 Å². The highest BCUT2D eigenvalue weighted by atomic mass is 35.5. The molecule has 0 spiro atoms. The van der Waals surface area contributed by atoms with Gasteiger partial charge >= 0.3 is 0 Å². The Morgan fingerprint density at radius 1 is 1.05 bits per heavy atom. The minimum atomic E-state index is -4.18. The fourth-order valence-electron chi connectivity index (χ4n) is 5.07. The van der Waals surface area contributed by atoms with E-state index in [0.717, 1.165) is 16.7 Å². The zero-order valence-electron chi connectivity index (χ0n) is 24.0. The summed E-state index contributed by atoms with van der Waals surface area (Å²) in [6.07, 6.45) is -1.72. The van der Waals surface area contributed by atoms with Gasteiger partial charge in [-0.15, -0.1) is 11.8 Å². The third kappa shape index (κ3) is 7.18. The van der Waals surface area contributed by atoms with Crippen LogP contribution in [0.15, 0.2) is 77.7 Å². The van der Waals surface area contributed by atoms with Crippen molar-refractivity contribution in [2.45, 2.75) is 68.5 Å². The van der Waals surface area contributed by atoms with Crippen molar-refractivity contribution in [3.63, 3.8) is 0 Å². The quantitative estimate of drug-likeness (QED) is 0.310. The molecule has 4 rings (SSSR count). The van der Waals surface area contributed by atoms with Crippen molar-refractivity contribution in [2.75, 3.05) is 5.88 Å². The van der Waals surface area contributed by atoms with Gasteiger partial charge in [0, 0.05) is 16.3 Å². The molecule has 3 aromatic rings. The van der Waals surface area contributed by atoms with Gasteiger partial charge in [-0.25, -0.2) is 13.1 Å². The zero-order chi connectivity index (χ0) is 30.7. The summed E-state index contributed by atoms with van der Waals surface area (Å²) in [4.78, 5) is 28.7. The molecule has 3 N–H and O–H groups in total. The van der Waals surface area contributed by atoms with Gasteiger partial charge in [0.05, 0.1) is 16.8 Å². The number of amides is 2. The summed E-state index contributed by atoms with van der Waals surface area (Å²) < 4.78 is 28.9. The van der Waals surface area contributed by atoms with Gasteiger partial charge in [-0.3, -0.25) is 9.59 Å². The van der Waals surface area contributed by atoms with Crippen LogP contribution in [0.25, 0.3) is 0 Å². The molecule has 1 aliphatic heterocycles. The highest BCUT2D eigenvalue weighted by Crippen LogP contribution is 2.40. The molecule has 1 heterocycles. The van der Waals surface area contributed by atoms with E-state index in [9.17, 15) is 23.1 Å². The Kier molecular flexibility index (Phi) is 10.1. The van der Waals surface area contributed by atoms with Crippen LogP contribution in [-0.4, -0.2) is 59.1 Å². The molecule has 1 saturated heterocycles. The van der Waals surface area contributed by atoms with Crippen LogP contribution in [0.5, 0.6) is 0 Å². The number of hydrogen-bond donors (Lipinski definition) is 3. The molecule has 1 aliphatic rings. The zero-order valence-corrected chi connectivity index (χ0v) is 26.4. The second kappa shape index (κ2) is 13.2. The normalized spacial score (nSPS) is 18.0. The Morgan fingerprint density at radius 2 is 1.71 bits per heavy atom. The monoisotopic (exact) mass is 629 g/mol. The minimum absolute atomic E-state index is 0.0426. The summed E-state index contributed by atoms with van der Waals surface area (Å²) in [5, 5.41) is 14.7. The van der Waals surface area contributed by atoms with Crippen molar-refractivity contribution in [1.29, 1.82) is 0 Å². The highest BCUT2D eigenvalue weighted by Gasteiger charge is 2.50. The summed E-state index contributed by atoms with van der Waals surface area (Å²) in [6, 6.07) is 19.2. The van der Waals surface area contributed by atoms with Gasteiger partial charge in [0.2, 0.25) is 15.9 Å². The van der Waals surface area contributed by atoms with E-state index in [4.69, 9.17) is 11.6 Å². The van der Waals surface area contributed by atoms with Crippen LogP contribution >= 0.6 is 23.4 Å². The molecule has 8 nitrogen and oxygen atoms in total. The molecule has 0 aliphatic carbocycles. The first kappa shape index (κ1) is 32.0. The van der Waals surface area contributed by atoms with Crippen LogP contribution in [0.4, 0.5) is 0 Å². The fourth-order valence-corrected chi connectivity index (χ4v) is 7.95. The van der Waals surface area contributed by atoms with E-state index in [-0.39, 0.29) is 28.1 Å². The largest absolute Gasteiger partial charge is 0.382 e. The maximum absolute atomic E-state index is 13.9. The molecule has 42 heavy (non-hydrogen) atoms. The smallest absolute Gasteiger partial charge is 0.254 e. The first-order valence-electron chi connectivity index (χ1n) is 13.6. The summed E-state index contributed by atoms with van der Waals surface area (Å²) in [5.41, 5.74) is 3.07. The number of hydrogen-bond acceptors (Lipinski definition) is 6. The van der Waals surface area contributed by atoms with E-state index < -0.39 is 38.9 Å². The molecular formula is C31H36ClN3O5S2. The summed E-state index contributed by atoms with van der Waals surface area (Å²) in [6.45, 7) is 7.60. The Balaban J connectivity index is 1.60. The standard InChI is InChI=1S/C31H36ClN3O5S2/c1-20-11-8-9-14-23(20)18-33-29(37)28-31(3,4)41-19-35(28)30(38)27(36)25(17-22-12-6-5-7-13-22)34-42(39,40)26-16-10-15-24(32)21(26)2/h5-16,25,27-28,34,36H,17-19H2,1-4H3,(H,33,37)/t25-,27-,28+/m0/s1. The van der Waals surface area contributed by atoms with Crippen molar-refractivity contribution in [3.05, 3.63) is 100 Å². The molecule has 0 aromatic heterocycles. The number of nitrogens with one attached hydrogen (secondary N) is 2. The number of carbonyl (C=O) groups excluding carboxylic acids is 2. The molecule has 1 fully saturated rings. The van der Waals surface area contributed by atoms with Crippen LogP contribution in [-0.2, 0) is 32.6 Å². The number of rotatable bonds is 10. The van der Waals surface area contributed by atoms with Gasteiger partial charge in [0.1, 0.15) is 12.1 Å². The number of aliphatic hydroxyl groups excluding tert-OH is 1. The Morgan fingerprint density at radius 3 is 2.40 bits per heavy atom. The van der Waals surface area contributed by atoms with Gasteiger partial charge in [0.25, 0.3) is 5.91 Å². The Hall–Kier alpha value is -2.89. The Labute approximate surface area is 256 Å². The van der Waals surface area contributed by atoms with Crippen molar-refractivity contribution in [1.82, 2.24) is 14.9 Å². The highest BCUT2D eigenvalue weighted by molar-refractivity contribution is 8.00. The topological polar surface area (TPSA) is 116 Å². The van der Waals surface area contributed by atoms with Crippen molar-refractivity contribution in [2.24, 2.45) is 0 Å². The average molecular weight is 630 g/mol. The van der Waals surface area contributed by atoms with E-state index in [1.807, 2.05) is 51.1 Å². The lowest BCUT2D eigenvalue weighted by Crippen LogP contribution is -2.58. The van der Waals surface area contributed by atoms with Crippen LogP contribution in [0.2, 0.25) is 5.02 Å². The molecule has 0 unspecified atom stereocenters. The third-order valence-corrected chi connectivity index (χ3v) is 11.0. The molecule has 11 heteroatoms. The molecular weight excluding hydrogens is 594 g/mol. The lowest BCUT2D eigenvalue weighted by Gasteiger charge is -2.33. The maximum Gasteiger partial charge on any atom is 0.254 e. The minimum Gasteiger partial charge on any atom is -0.382 e. The second-order valence-corrected chi connectivity index (χ2v) is 14.6. The van der Waals surface area contributed by atoms with Crippen molar-refractivity contribution < 1.29 is 23.1 Å². The van der Waals surface area contributed by atoms with E-state index >= 15 is 0 Å². The van der Waals surface area contributed by atoms with E-state index in [1.165, 1.54) is 28.8 Å². The summed E-state index contributed by atoms with van der Waals surface area (Å²) >= 11 is 7.61. The molecule has 224 valence electrons. The van der Waals surface area contributed by atoms with Crippen molar-refractivity contribution in [3.8, 4) is 0 Å². The number of benzene rings is 3. The summed E-state index contributed by atoms with van der Waals surface area (Å²) in [5.74, 6) is -0.900. The van der Waals surface area contributed by atoms with Crippen LogP contribution in [0.3, 0.4) is 0 Å². The number of aryl methyl sites for hydroxylation is 1. The fraction of sp³-hybridized carbons (Fsp3) is 0.355. The molecule has 2 amide bonds. The third-order valence-electron chi connectivity index (χ3n) is 7.54. The number of sulfonamides is 1. The van der Waals surface area contributed by atoms with Crippen LogP contribution in [0.1, 0.15) is 36.1 Å². The summed E-state index contributed by atoms with van der Waals surface area (Å²) in [7, 11) is -4.18. The molecule has 3 atom stereocenters. The van der Waals surface area contributed by atoms with Gasteiger partial charge in [-0.05, 0) is 68.5 Å². The first-order valence-corrected chi connectivity index (χ1v) is 16.4. The van der Waals surface area contributed by atoms with Crippen molar-refractivity contribution >= 4 is 45.2 Å². The number of nitrogens with zero attached hydrogens (tertiary/aromatic N) is 1. The van der Waals surface area contributed by atoms with Gasteiger partial charge < -0.3 is 15.3 Å². The van der Waals surface area contributed by atoms with E-state index in [0.29, 0.717) is 12.1 Å². The molecule has 3 aromatic carbocycles. The lowest BCUT2D eigenvalue weighted by molar-refractivity contribution is -0.147. The SMILES string of the molecule is Cc1ccccc1CNC(=O)[C@H]1N(C(=O)[C@@H](O)[C@H](Cc2ccccc2)NS(=O)(=O)c2cccc(Cl)c2C)CSC1(C)C. The van der Waals surface area contributed by atoms with E-state index in [1.54, 1.807) is 37.3 Å². The van der Waals surface area contributed by atoms with Gasteiger partial charge in [-0.2, -0.15) is 0 Å². The molecule has 0 radical (unpaired) electrons. The molecule has 0 saturated carbocycles. The number of aliphatic hydroxyl groups is 1.